The van der Waals surface area contributed by atoms with Gasteiger partial charge >= 0.3 is 18.3 Å². The molecule has 1 saturated heterocycles. The highest BCUT2D eigenvalue weighted by molar-refractivity contribution is 5.37. The summed E-state index contributed by atoms with van der Waals surface area (Å²) in [4.78, 5) is 0. The van der Waals surface area contributed by atoms with E-state index in [1.165, 1.54) is 0 Å². The molecule has 4 rings (SSSR count). The van der Waals surface area contributed by atoms with Crippen molar-refractivity contribution in [3.05, 3.63) is 77.6 Å². The Morgan fingerprint density at radius 1 is 0.804 bits per heavy atom. The van der Waals surface area contributed by atoms with Crippen molar-refractivity contribution in [2.75, 3.05) is 6.61 Å². The quantitative estimate of drug-likeness (QED) is 0.128. The Kier molecular flexibility index (Phi) is 11.5. The number of halogens is 10. The van der Waals surface area contributed by atoms with Gasteiger partial charge in [-0.1, -0.05) is 25.5 Å². The van der Waals surface area contributed by atoms with Crippen molar-refractivity contribution in [1.82, 2.24) is 0 Å². The molecule has 2 aliphatic rings. The summed E-state index contributed by atoms with van der Waals surface area (Å²) >= 11 is 0. The summed E-state index contributed by atoms with van der Waals surface area (Å²) in [7, 11) is 0. The Morgan fingerprint density at radius 3 is 1.93 bits per heavy atom. The first-order valence-electron chi connectivity index (χ1n) is 14.8. The average molecular weight is 671 g/mol. The molecule has 2 aromatic rings. The van der Waals surface area contributed by atoms with E-state index in [2.05, 4.69) is 21.1 Å². The van der Waals surface area contributed by atoms with Crippen molar-refractivity contribution in [3.8, 4) is 17.2 Å². The van der Waals surface area contributed by atoms with Crippen LogP contribution in [-0.4, -0.2) is 18.8 Å². The second-order valence-electron chi connectivity index (χ2n) is 11.4. The lowest BCUT2D eigenvalue weighted by molar-refractivity contribution is -0.223. The summed E-state index contributed by atoms with van der Waals surface area (Å²) in [6.45, 7) is 2.82. The summed E-state index contributed by atoms with van der Waals surface area (Å²) in [6.07, 6.45) is -2.54. The molecule has 14 heteroatoms. The highest BCUT2D eigenvalue weighted by Crippen LogP contribution is 2.43. The van der Waals surface area contributed by atoms with Gasteiger partial charge in [-0.15, -0.1) is 0 Å². The van der Waals surface area contributed by atoms with Crippen LogP contribution in [0.3, 0.4) is 0 Å². The van der Waals surface area contributed by atoms with Gasteiger partial charge in [-0.25, -0.2) is 17.6 Å². The third-order valence-corrected chi connectivity index (χ3v) is 7.99. The van der Waals surface area contributed by atoms with E-state index in [1.807, 2.05) is 12.2 Å². The Hall–Kier alpha value is -3.42. The SMILES string of the molecule is CCCC1CCC(C=CC2CCC(C(F)(F)Oc3cc(F)c(C(F)(F)Oc4cc(F)c(OC=C(F)F)c(F)c4)c(F)c3)CC2)OC1. The second kappa shape index (κ2) is 15.0. The summed E-state index contributed by atoms with van der Waals surface area (Å²) < 4.78 is 160. The van der Waals surface area contributed by atoms with Crippen LogP contribution >= 0.6 is 0 Å². The lowest BCUT2D eigenvalue weighted by Gasteiger charge is -2.33. The molecule has 1 heterocycles. The fourth-order valence-electron chi connectivity index (χ4n) is 5.68. The summed E-state index contributed by atoms with van der Waals surface area (Å²) in [5.41, 5.74) is -2.05. The van der Waals surface area contributed by atoms with Gasteiger partial charge in [0.1, 0.15) is 28.7 Å². The molecule has 0 aromatic heterocycles. The van der Waals surface area contributed by atoms with Crippen LogP contribution in [0.2, 0.25) is 0 Å². The molecule has 2 aromatic carbocycles. The highest BCUT2D eigenvalue weighted by Gasteiger charge is 2.45. The standard InChI is InChI=1S/C32H32F10O4/c1-2-3-19-7-11-21(43-16-19)10-6-18-4-8-20(9-5-18)31(39,40)45-22-12-24(33)29(25(34)13-22)32(41,42)46-23-14-26(35)30(27(36)15-23)44-17-28(37)38/h6,10,12-15,17-21H,2-5,7-9,11,16H2,1H3. The minimum atomic E-state index is -4.91. The third kappa shape index (κ3) is 9.10. The van der Waals surface area contributed by atoms with E-state index >= 15 is 0 Å². The maximum atomic E-state index is 15.0. The topological polar surface area (TPSA) is 36.9 Å². The van der Waals surface area contributed by atoms with Crippen molar-refractivity contribution in [1.29, 1.82) is 0 Å². The Morgan fingerprint density at radius 2 is 1.39 bits per heavy atom. The van der Waals surface area contributed by atoms with Gasteiger partial charge < -0.3 is 18.9 Å². The molecule has 254 valence electrons. The third-order valence-electron chi connectivity index (χ3n) is 7.99. The molecule has 4 nitrogen and oxygen atoms in total. The van der Waals surface area contributed by atoms with Crippen molar-refractivity contribution in [2.45, 2.75) is 76.6 Å². The van der Waals surface area contributed by atoms with Crippen LogP contribution in [-0.2, 0) is 10.8 Å². The van der Waals surface area contributed by atoms with Crippen LogP contribution in [0.4, 0.5) is 43.9 Å². The van der Waals surface area contributed by atoms with E-state index in [1.54, 1.807) is 0 Å². The Balaban J connectivity index is 1.36. The highest BCUT2D eigenvalue weighted by atomic mass is 19.3. The molecule has 0 N–H and O–H groups in total. The van der Waals surface area contributed by atoms with E-state index in [9.17, 15) is 43.9 Å². The number of alkyl halides is 4. The number of allylic oxidation sites excluding steroid dienone is 1. The molecule has 0 spiro atoms. The second-order valence-corrected chi connectivity index (χ2v) is 11.4. The van der Waals surface area contributed by atoms with Crippen LogP contribution in [0.5, 0.6) is 17.2 Å². The predicted molar refractivity (Wildman–Crippen MR) is 146 cm³/mol. The van der Waals surface area contributed by atoms with Gasteiger partial charge in [0, 0.05) is 24.3 Å². The molecule has 1 saturated carbocycles. The molecule has 46 heavy (non-hydrogen) atoms. The number of ether oxygens (including phenoxy) is 4. The van der Waals surface area contributed by atoms with Gasteiger partial charge in [0.05, 0.1) is 18.6 Å². The predicted octanol–water partition coefficient (Wildman–Crippen LogP) is 10.4. The zero-order valence-corrected chi connectivity index (χ0v) is 24.6. The van der Waals surface area contributed by atoms with Gasteiger partial charge in [-0.2, -0.15) is 26.3 Å². The fraction of sp³-hybridized carbons (Fsp3) is 0.500. The van der Waals surface area contributed by atoms with Crippen molar-refractivity contribution < 1.29 is 62.9 Å². The van der Waals surface area contributed by atoms with Crippen LogP contribution < -0.4 is 14.2 Å². The van der Waals surface area contributed by atoms with Gasteiger partial charge in [0.15, 0.2) is 23.6 Å². The molecule has 2 atom stereocenters. The Labute approximate surface area is 259 Å². The fourth-order valence-corrected chi connectivity index (χ4v) is 5.68. The minimum Gasteiger partial charge on any atom is -0.453 e. The lowest BCUT2D eigenvalue weighted by atomic mass is 9.81. The largest absolute Gasteiger partial charge is 0.453 e. The van der Waals surface area contributed by atoms with Crippen LogP contribution in [0.15, 0.2) is 48.8 Å². The first-order valence-corrected chi connectivity index (χ1v) is 14.8. The first kappa shape index (κ1) is 35.4. The Bertz CT molecular complexity index is 1350. The number of rotatable bonds is 12. The molecular formula is C32H32F10O4. The van der Waals surface area contributed by atoms with Crippen molar-refractivity contribution >= 4 is 0 Å². The molecule has 1 aliphatic carbocycles. The molecule has 0 radical (unpaired) electrons. The first-order chi connectivity index (χ1) is 21.7. The maximum Gasteiger partial charge on any atom is 0.432 e. The van der Waals surface area contributed by atoms with Gasteiger partial charge in [0.2, 0.25) is 0 Å². The molecule has 2 fully saturated rings. The van der Waals surface area contributed by atoms with Crippen molar-refractivity contribution in [2.24, 2.45) is 17.8 Å². The van der Waals surface area contributed by atoms with Gasteiger partial charge in [0.25, 0.3) is 0 Å². The summed E-state index contributed by atoms with van der Waals surface area (Å²) in [5, 5.41) is 0. The van der Waals surface area contributed by atoms with Crippen LogP contribution in [0.25, 0.3) is 0 Å². The molecule has 0 amide bonds. The zero-order chi connectivity index (χ0) is 33.6. The zero-order valence-electron chi connectivity index (χ0n) is 24.6. The van der Waals surface area contributed by atoms with Crippen LogP contribution in [0.1, 0.15) is 63.9 Å². The van der Waals surface area contributed by atoms with E-state index in [0.29, 0.717) is 25.4 Å². The van der Waals surface area contributed by atoms with Crippen LogP contribution in [0, 0.1) is 41.0 Å². The number of hydrogen-bond acceptors (Lipinski definition) is 4. The minimum absolute atomic E-state index is 0.0123. The van der Waals surface area contributed by atoms with E-state index < -0.39 is 70.3 Å². The van der Waals surface area contributed by atoms with E-state index in [4.69, 9.17) is 4.74 Å². The van der Waals surface area contributed by atoms with E-state index in [-0.39, 0.29) is 55.4 Å². The van der Waals surface area contributed by atoms with Gasteiger partial charge in [-0.3, -0.25) is 0 Å². The summed E-state index contributed by atoms with van der Waals surface area (Å²) in [5.74, 6) is -12.0. The van der Waals surface area contributed by atoms with E-state index in [0.717, 1.165) is 25.7 Å². The van der Waals surface area contributed by atoms with Gasteiger partial charge in [-0.05, 0) is 56.8 Å². The monoisotopic (exact) mass is 670 g/mol. The molecular weight excluding hydrogens is 638 g/mol. The molecule has 1 aliphatic heterocycles. The summed E-state index contributed by atoms with van der Waals surface area (Å²) in [6, 6.07) is 0.425. The average Bonchev–Trinajstić information content (AvgIpc) is 2.95. The molecule has 2 unspecified atom stereocenters. The maximum absolute atomic E-state index is 15.0. The molecule has 0 bridgehead atoms. The smallest absolute Gasteiger partial charge is 0.432 e. The normalized spacial score (nSPS) is 22.5. The lowest BCUT2D eigenvalue weighted by Crippen LogP contribution is -2.37. The number of benzene rings is 2. The van der Waals surface area contributed by atoms with Crippen molar-refractivity contribution in [3.63, 3.8) is 0 Å². The number of hydrogen-bond donors (Lipinski definition) is 0.